The van der Waals surface area contributed by atoms with Crippen LogP contribution in [0.1, 0.15) is 19.5 Å². The summed E-state index contributed by atoms with van der Waals surface area (Å²) in [5.41, 5.74) is 0.993. The van der Waals surface area contributed by atoms with Gasteiger partial charge in [-0.3, -0.25) is 9.80 Å². The molecule has 1 fully saturated rings. The van der Waals surface area contributed by atoms with E-state index < -0.39 is 0 Å². The molecule has 0 N–H and O–H groups in total. The number of halogens is 2. The maximum Gasteiger partial charge on any atom is 0.151 e. The normalized spacial score (nSPS) is 17.8. The average Bonchev–Trinajstić information content (AvgIpc) is 2.33. The van der Waals surface area contributed by atoms with Gasteiger partial charge in [0, 0.05) is 38.8 Å². The summed E-state index contributed by atoms with van der Waals surface area (Å²) >= 11 is 5.71. The van der Waals surface area contributed by atoms with E-state index in [1.165, 1.54) is 0 Å². The Morgan fingerprint density at radius 1 is 1.17 bits per heavy atom. The summed E-state index contributed by atoms with van der Waals surface area (Å²) in [6.45, 7) is 9.85. The summed E-state index contributed by atoms with van der Waals surface area (Å²) < 4.78 is 0. The first-order chi connectivity index (χ1) is 8.15. The molecule has 0 amide bonds. The fourth-order valence-electron chi connectivity index (χ4n) is 2.09. The number of hydrogen-bond acceptors (Lipinski definition) is 4. The Kier molecular flexibility index (Phi) is 6.29. The van der Waals surface area contributed by atoms with Crippen molar-refractivity contribution in [2.75, 3.05) is 26.2 Å². The van der Waals surface area contributed by atoms with E-state index in [9.17, 15) is 0 Å². The molecular formula is C12H20Cl2N4. The second-order valence-corrected chi connectivity index (χ2v) is 5.14. The number of hydrogen-bond donors (Lipinski definition) is 0. The highest BCUT2D eigenvalue weighted by molar-refractivity contribution is 6.29. The molecule has 0 saturated carbocycles. The van der Waals surface area contributed by atoms with Gasteiger partial charge in [0.05, 0.1) is 5.69 Å². The summed E-state index contributed by atoms with van der Waals surface area (Å²) in [5, 5.41) is 8.41. The molecular weight excluding hydrogens is 271 g/mol. The minimum atomic E-state index is 0. The summed E-state index contributed by atoms with van der Waals surface area (Å²) in [7, 11) is 0. The van der Waals surface area contributed by atoms with E-state index in [0.29, 0.717) is 11.2 Å². The zero-order valence-electron chi connectivity index (χ0n) is 10.8. The molecule has 2 heterocycles. The largest absolute Gasteiger partial charge is 0.298 e. The van der Waals surface area contributed by atoms with E-state index in [1.54, 1.807) is 6.07 Å². The Morgan fingerprint density at radius 3 is 2.33 bits per heavy atom. The van der Waals surface area contributed by atoms with Crippen LogP contribution in [0.3, 0.4) is 0 Å². The monoisotopic (exact) mass is 290 g/mol. The first-order valence-electron chi connectivity index (χ1n) is 6.09. The lowest BCUT2D eigenvalue weighted by Gasteiger charge is -2.36. The van der Waals surface area contributed by atoms with Gasteiger partial charge in [0.2, 0.25) is 0 Å². The summed E-state index contributed by atoms with van der Waals surface area (Å²) in [4.78, 5) is 4.92. The van der Waals surface area contributed by atoms with Crippen molar-refractivity contribution in [3.63, 3.8) is 0 Å². The maximum atomic E-state index is 5.71. The van der Waals surface area contributed by atoms with Crippen molar-refractivity contribution in [3.8, 4) is 0 Å². The molecule has 0 aliphatic carbocycles. The molecule has 0 atom stereocenters. The van der Waals surface area contributed by atoms with Gasteiger partial charge in [-0.25, -0.2) is 0 Å². The molecule has 2 rings (SSSR count). The third kappa shape index (κ3) is 4.35. The zero-order valence-corrected chi connectivity index (χ0v) is 12.4. The van der Waals surface area contributed by atoms with E-state index in [0.717, 1.165) is 38.4 Å². The van der Waals surface area contributed by atoms with Crippen LogP contribution in [0.4, 0.5) is 0 Å². The van der Waals surface area contributed by atoms with Crippen LogP contribution >= 0.6 is 24.0 Å². The lowest BCUT2D eigenvalue weighted by molar-refractivity contribution is 0.103. The van der Waals surface area contributed by atoms with E-state index >= 15 is 0 Å². The second kappa shape index (κ2) is 7.24. The molecule has 1 aromatic rings. The van der Waals surface area contributed by atoms with Crippen LogP contribution in [-0.2, 0) is 6.54 Å². The Bertz CT molecular complexity index is 348. The molecule has 102 valence electrons. The summed E-state index contributed by atoms with van der Waals surface area (Å²) in [6.07, 6.45) is 0. The standard InChI is InChI=1S/C12H19ClN4.ClH/c1-10(2)17-7-5-16(6-8-17)9-11-3-4-12(13)15-14-11;/h3-4,10H,5-9H2,1-2H3;1H. The highest BCUT2D eigenvalue weighted by atomic mass is 35.5. The van der Waals surface area contributed by atoms with Crippen LogP contribution in [-0.4, -0.2) is 52.2 Å². The van der Waals surface area contributed by atoms with Gasteiger partial charge < -0.3 is 0 Å². The minimum absolute atomic E-state index is 0. The fourth-order valence-corrected chi connectivity index (χ4v) is 2.20. The Balaban J connectivity index is 0.00000162. The van der Waals surface area contributed by atoms with Gasteiger partial charge in [0.15, 0.2) is 5.15 Å². The molecule has 1 aromatic heterocycles. The number of piperazine rings is 1. The molecule has 1 aliphatic rings. The first kappa shape index (κ1) is 15.6. The highest BCUT2D eigenvalue weighted by Crippen LogP contribution is 2.09. The first-order valence-corrected chi connectivity index (χ1v) is 6.47. The molecule has 4 nitrogen and oxygen atoms in total. The smallest absolute Gasteiger partial charge is 0.151 e. The molecule has 6 heteroatoms. The Hall–Kier alpha value is -0.420. The van der Waals surface area contributed by atoms with Gasteiger partial charge in [-0.15, -0.1) is 17.5 Å². The SMILES string of the molecule is CC(C)N1CCN(Cc2ccc(Cl)nn2)CC1.Cl. The van der Waals surface area contributed by atoms with Crippen LogP contribution in [0.25, 0.3) is 0 Å². The van der Waals surface area contributed by atoms with Crippen molar-refractivity contribution in [1.82, 2.24) is 20.0 Å². The lowest BCUT2D eigenvalue weighted by atomic mass is 10.2. The van der Waals surface area contributed by atoms with Gasteiger partial charge in [-0.2, -0.15) is 5.10 Å². The number of nitrogens with zero attached hydrogens (tertiary/aromatic N) is 4. The van der Waals surface area contributed by atoms with Crippen LogP contribution in [0.2, 0.25) is 5.15 Å². The molecule has 0 spiro atoms. The van der Waals surface area contributed by atoms with Crippen LogP contribution < -0.4 is 0 Å². The molecule has 0 aromatic carbocycles. The second-order valence-electron chi connectivity index (χ2n) is 4.75. The maximum absolute atomic E-state index is 5.71. The van der Waals surface area contributed by atoms with Crippen molar-refractivity contribution < 1.29 is 0 Å². The van der Waals surface area contributed by atoms with Gasteiger partial charge in [0.25, 0.3) is 0 Å². The predicted octanol–water partition coefficient (Wildman–Crippen LogP) is 2.08. The average molecular weight is 291 g/mol. The molecule has 0 radical (unpaired) electrons. The molecule has 0 bridgehead atoms. The van der Waals surface area contributed by atoms with Gasteiger partial charge >= 0.3 is 0 Å². The fraction of sp³-hybridized carbons (Fsp3) is 0.667. The van der Waals surface area contributed by atoms with Crippen molar-refractivity contribution in [2.24, 2.45) is 0 Å². The molecule has 1 aliphatic heterocycles. The highest BCUT2D eigenvalue weighted by Gasteiger charge is 2.18. The predicted molar refractivity (Wildman–Crippen MR) is 76.3 cm³/mol. The van der Waals surface area contributed by atoms with Crippen LogP contribution in [0, 0.1) is 0 Å². The Morgan fingerprint density at radius 2 is 1.83 bits per heavy atom. The zero-order chi connectivity index (χ0) is 12.3. The van der Waals surface area contributed by atoms with Crippen molar-refractivity contribution in [2.45, 2.75) is 26.4 Å². The van der Waals surface area contributed by atoms with Gasteiger partial charge in [-0.1, -0.05) is 11.6 Å². The van der Waals surface area contributed by atoms with E-state index in [1.807, 2.05) is 6.07 Å². The van der Waals surface area contributed by atoms with Crippen molar-refractivity contribution >= 4 is 24.0 Å². The van der Waals surface area contributed by atoms with Crippen molar-refractivity contribution in [1.29, 1.82) is 0 Å². The van der Waals surface area contributed by atoms with Crippen molar-refractivity contribution in [3.05, 3.63) is 23.0 Å². The molecule has 1 saturated heterocycles. The van der Waals surface area contributed by atoms with E-state index in [4.69, 9.17) is 11.6 Å². The van der Waals surface area contributed by atoms with Gasteiger partial charge in [-0.05, 0) is 26.0 Å². The van der Waals surface area contributed by atoms with Crippen LogP contribution in [0.5, 0.6) is 0 Å². The topological polar surface area (TPSA) is 32.3 Å². The minimum Gasteiger partial charge on any atom is -0.298 e. The summed E-state index contributed by atoms with van der Waals surface area (Å²) in [5.74, 6) is 0. The molecule has 0 unspecified atom stereocenters. The third-order valence-corrected chi connectivity index (χ3v) is 3.41. The van der Waals surface area contributed by atoms with Crippen LogP contribution in [0.15, 0.2) is 12.1 Å². The van der Waals surface area contributed by atoms with Gasteiger partial charge in [0.1, 0.15) is 0 Å². The summed E-state index contributed by atoms with van der Waals surface area (Å²) in [6, 6.07) is 4.39. The number of aromatic nitrogens is 2. The quantitative estimate of drug-likeness (QED) is 0.853. The molecule has 18 heavy (non-hydrogen) atoms. The van der Waals surface area contributed by atoms with E-state index in [-0.39, 0.29) is 12.4 Å². The van der Waals surface area contributed by atoms with E-state index in [2.05, 4.69) is 33.8 Å². The Labute approximate surface area is 120 Å². The number of rotatable bonds is 3. The third-order valence-electron chi connectivity index (χ3n) is 3.21. The lowest BCUT2D eigenvalue weighted by Crippen LogP contribution is -2.48.